The van der Waals surface area contributed by atoms with Crippen molar-refractivity contribution in [3.05, 3.63) is 22.2 Å². The second-order valence-corrected chi connectivity index (χ2v) is 8.49. The molecule has 0 aliphatic heterocycles. The van der Waals surface area contributed by atoms with Crippen molar-refractivity contribution in [2.24, 2.45) is 0 Å². The number of carbonyl (C=O) groups excluding carboxylic acids is 2. The molecule has 0 heterocycles. The molecule has 0 aromatic heterocycles. The lowest BCUT2D eigenvalue weighted by Gasteiger charge is -2.23. The van der Waals surface area contributed by atoms with Crippen LogP contribution in [0.5, 0.6) is 0 Å². The van der Waals surface area contributed by atoms with E-state index in [1.807, 2.05) is 0 Å². The van der Waals surface area contributed by atoms with Gasteiger partial charge in [-0.2, -0.15) is 0 Å². The minimum absolute atomic E-state index is 0.201. The summed E-state index contributed by atoms with van der Waals surface area (Å²) in [5, 5.41) is 12.1. The predicted octanol–water partition coefficient (Wildman–Crippen LogP) is 5.90. The summed E-state index contributed by atoms with van der Waals surface area (Å²) in [6.45, 7) is 0. The van der Waals surface area contributed by atoms with Crippen LogP contribution in [-0.2, 0) is 0 Å². The van der Waals surface area contributed by atoms with Crippen LogP contribution >= 0.6 is 23.2 Å². The van der Waals surface area contributed by atoms with Crippen LogP contribution in [0.15, 0.2) is 12.1 Å². The van der Waals surface area contributed by atoms with E-state index >= 15 is 0 Å². The molecular formula is C20H28Cl2N4O2. The molecule has 3 rings (SSSR count). The van der Waals surface area contributed by atoms with Crippen molar-refractivity contribution in [3.8, 4) is 0 Å². The van der Waals surface area contributed by atoms with E-state index < -0.39 is 0 Å². The largest absolute Gasteiger partial charge is 0.335 e. The Bertz CT molecular complexity index is 642. The Hall–Kier alpha value is -1.66. The molecule has 0 bridgehead atoms. The summed E-state index contributed by atoms with van der Waals surface area (Å²) in [7, 11) is 0. The van der Waals surface area contributed by atoms with Gasteiger partial charge in [0.2, 0.25) is 0 Å². The first-order chi connectivity index (χ1) is 13.5. The van der Waals surface area contributed by atoms with E-state index in [0.29, 0.717) is 21.4 Å². The fraction of sp³-hybridized carbons (Fsp3) is 0.600. The molecule has 2 aliphatic rings. The molecule has 2 saturated carbocycles. The summed E-state index contributed by atoms with van der Waals surface area (Å²) < 4.78 is 0. The first-order valence-electron chi connectivity index (χ1n) is 10.2. The fourth-order valence-electron chi connectivity index (χ4n) is 3.92. The highest BCUT2D eigenvalue weighted by Gasteiger charge is 2.19. The van der Waals surface area contributed by atoms with Crippen LogP contribution in [0.3, 0.4) is 0 Å². The molecule has 0 radical (unpaired) electrons. The van der Waals surface area contributed by atoms with Gasteiger partial charge in [-0.15, -0.1) is 0 Å². The smallest absolute Gasteiger partial charge is 0.319 e. The van der Waals surface area contributed by atoms with Gasteiger partial charge < -0.3 is 21.3 Å². The maximum Gasteiger partial charge on any atom is 0.319 e. The van der Waals surface area contributed by atoms with Crippen molar-refractivity contribution in [1.29, 1.82) is 0 Å². The maximum absolute atomic E-state index is 12.2. The molecule has 2 aliphatic carbocycles. The second-order valence-electron chi connectivity index (χ2n) is 7.68. The Balaban J connectivity index is 1.55. The molecule has 0 saturated heterocycles. The number of halogens is 2. The molecular weight excluding hydrogens is 399 g/mol. The maximum atomic E-state index is 12.2. The molecule has 0 spiro atoms. The second kappa shape index (κ2) is 10.2. The van der Waals surface area contributed by atoms with Gasteiger partial charge in [-0.25, -0.2) is 9.59 Å². The summed E-state index contributed by atoms with van der Waals surface area (Å²) in [6.07, 6.45) is 11.0. The average molecular weight is 427 g/mol. The van der Waals surface area contributed by atoms with E-state index in [-0.39, 0.29) is 24.1 Å². The van der Waals surface area contributed by atoms with Gasteiger partial charge >= 0.3 is 12.1 Å². The number of anilines is 2. The van der Waals surface area contributed by atoms with Crippen LogP contribution in [0.2, 0.25) is 10.0 Å². The highest BCUT2D eigenvalue weighted by molar-refractivity contribution is 6.37. The van der Waals surface area contributed by atoms with Crippen LogP contribution < -0.4 is 21.3 Å². The Labute approximate surface area is 176 Å². The zero-order valence-electron chi connectivity index (χ0n) is 16.0. The molecule has 1 aromatic carbocycles. The van der Waals surface area contributed by atoms with Gasteiger partial charge in [0.1, 0.15) is 0 Å². The van der Waals surface area contributed by atoms with Crippen molar-refractivity contribution in [1.82, 2.24) is 10.6 Å². The molecule has 1 aromatic rings. The quantitative estimate of drug-likeness (QED) is 0.482. The minimum Gasteiger partial charge on any atom is -0.335 e. The Morgan fingerprint density at radius 1 is 0.679 bits per heavy atom. The Morgan fingerprint density at radius 3 is 1.39 bits per heavy atom. The SMILES string of the molecule is O=C(Nc1cc(Cl)c(NC(=O)NC2CCCCC2)cc1Cl)NC1CCCCC1. The standard InChI is InChI=1S/C20H28Cl2N4O2/c21-15-12-18(26-20(28)24-14-9-5-2-6-10-14)16(22)11-17(15)25-19(27)23-13-7-3-1-4-8-13/h11-14H,1-10H2,(H2,23,25,27)(H2,24,26,28). The lowest BCUT2D eigenvalue weighted by atomic mass is 9.96. The Morgan fingerprint density at radius 2 is 1.04 bits per heavy atom. The van der Waals surface area contributed by atoms with E-state index in [9.17, 15) is 9.59 Å². The summed E-state index contributed by atoms with van der Waals surface area (Å²) in [5.74, 6) is 0. The molecule has 4 N–H and O–H groups in total. The lowest BCUT2D eigenvalue weighted by molar-refractivity contribution is 0.243. The van der Waals surface area contributed by atoms with Gasteiger partial charge in [0.25, 0.3) is 0 Å². The van der Waals surface area contributed by atoms with Crippen molar-refractivity contribution in [3.63, 3.8) is 0 Å². The van der Waals surface area contributed by atoms with Gasteiger partial charge in [0, 0.05) is 12.1 Å². The Kier molecular flexibility index (Phi) is 7.68. The van der Waals surface area contributed by atoms with Gasteiger partial charge in [-0.1, -0.05) is 61.7 Å². The number of urea groups is 2. The fourth-order valence-corrected chi connectivity index (χ4v) is 4.34. The lowest BCUT2D eigenvalue weighted by Crippen LogP contribution is -2.39. The van der Waals surface area contributed by atoms with E-state index in [2.05, 4.69) is 21.3 Å². The molecule has 0 unspecified atom stereocenters. The predicted molar refractivity (Wildman–Crippen MR) is 115 cm³/mol. The summed E-state index contributed by atoms with van der Waals surface area (Å²) in [4.78, 5) is 24.4. The van der Waals surface area contributed by atoms with Gasteiger partial charge in [-0.05, 0) is 37.8 Å². The summed E-state index contributed by atoms with van der Waals surface area (Å²) in [5.41, 5.74) is 0.830. The van der Waals surface area contributed by atoms with Crippen molar-refractivity contribution < 1.29 is 9.59 Å². The van der Waals surface area contributed by atoms with Crippen LogP contribution in [0, 0.1) is 0 Å². The van der Waals surface area contributed by atoms with Crippen LogP contribution in [-0.4, -0.2) is 24.1 Å². The van der Waals surface area contributed by atoms with Crippen molar-refractivity contribution in [2.75, 3.05) is 10.6 Å². The first kappa shape index (κ1) is 21.1. The van der Waals surface area contributed by atoms with Crippen LogP contribution in [0.1, 0.15) is 64.2 Å². The topological polar surface area (TPSA) is 82.3 Å². The normalized spacial score (nSPS) is 18.4. The summed E-state index contributed by atoms with van der Waals surface area (Å²) in [6, 6.07) is 2.93. The number of amides is 4. The van der Waals surface area contributed by atoms with Crippen molar-refractivity contribution in [2.45, 2.75) is 76.3 Å². The van der Waals surface area contributed by atoms with Gasteiger partial charge in [0.05, 0.1) is 21.4 Å². The van der Waals surface area contributed by atoms with Crippen LogP contribution in [0.25, 0.3) is 0 Å². The highest BCUT2D eigenvalue weighted by Crippen LogP contribution is 2.33. The van der Waals surface area contributed by atoms with Crippen molar-refractivity contribution >= 4 is 46.6 Å². The third-order valence-corrected chi connectivity index (χ3v) is 6.06. The molecule has 28 heavy (non-hydrogen) atoms. The van der Waals surface area contributed by atoms with Gasteiger partial charge in [-0.3, -0.25) is 0 Å². The number of hydrogen-bond donors (Lipinski definition) is 4. The van der Waals surface area contributed by atoms with E-state index in [1.165, 1.54) is 12.8 Å². The van der Waals surface area contributed by atoms with Crippen LogP contribution in [0.4, 0.5) is 21.0 Å². The molecule has 2 fully saturated rings. The molecule has 154 valence electrons. The monoisotopic (exact) mass is 426 g/mol. The third-order valence-electron chi connectivity index (χ3n) is 5.43. The van der Waals surface area contributed by atoms with E-state index in [0.717, 1.165) is 51.4 Å². The van der Waals surface area contributed by atoms with E-state index in [1.54, 1.807) is 12.1 Å². The zero-order chi connectivity index (χ0) is 19.9. The number of benzene rings is 1. The number of nitrogens with one attached hydrogen (secondary N) is 4. The van der Waals surface area contributed by atoms with Gasteiger partial charge in [0.15, 0.2) is 0 Å². The minimum atomic E-state index is -0.291. The molecule has 6 nitrogen and oxygen atoms in total. The number of carbonyl (C=O) groups is 2. The summed E-state index contributed by atoms with van der Waals surface area (Å²) >= 11 is 12.6. The zero-order valence-corrected chi connectivity index (χ0v) is 17.5. The number of rotatable bonds is 4. The van der Waals surface area contributed by atoms with E-state index in [4.69, 9.17) is 23.2 Å². The average Bonchev–Trinajstić information content (AvgIpc) is 2.67. The molecule has 4 amide bonds. The first-order valence-corrected chi connectivity index (χ1v) is 10.9. The molecule has 8 heteroatoms. The molecule has 0 atom stereocenters. The highest BCUT2D eigenvalue weighted by atomic mass is 35.5. The third kappa shape index (κ3) is 6.17. The number of hydrogen-bond acceptors (Lipinski definition) is 2.